The Morgan fingerprint density at radius 3 is 2.53 bits per heavy atom. The summed E-state index contributed by atoms with van der Waals surface area (Å²) in [6, 6.07) is 0.307. The molecule has 3 N–H and O–H groups in total. The van der Waals surface area contributed by atoms with Crippen LogP contribution in [0.3, 0.4) is 0 Å². The van der Waals surface area contributed by atoms with Crippen molar-refractivity contribution in [3.05, 3.63) is 12.2 Å². The van der Waals surface area contributed by atoms with Gasteiger partial charge < -0.3 is 15.8 Å². The molecule has 0 aliphatic heterocycles. The lowest BCUT2D eigenvalue weighted by Gasteiger charge is -2.56. The number of ether oxygens (including phenoxy) is 1. The van der Waals surface area contributed by atoms with Crippen molar-refractivity contribution in [1.29, 1.82) is 0 Å². The second-order valence-corrected chi connectivity index (χ2v) is 5.62. The highest BCUT2D eigenvalue weighted by Crippen LogP contribution is 2.46. The van der Waals surface area contributed by atoms with E-state index in [1.165, 1.54) is 0 Å². The summed E-state index contributed by atoms with van der Waals surface area (Å²) >= 11 is 0. The highest BCUT2D eigenvalue weighted by Gasteiger charge is 2.54. The molecule has 1 fully saturated rings. The number of nitrogens with zero attached hydrogens (tertiary/aromatic N) is 1. The lowest BCUT2D eigenvalue weighted by atomic mass is 9.58. The predicted octanol–water partition coefficient (Wildman–Crippen LogP) is 1.53. The van der Waals surface area contributed by atoms with Crippen LogP contribution in [0.25, 0.3) is 0 Å². The Hall–Kier alpha value is -1.03. The van der Waals surface area contributed by atoms with Gasteiger partial charge in [-0.15, -0.1) is 0 Å². The van der Waals surface area contributed by atoms with Gasteiger partial charge in [-0.2, -0.15) is 0 Å². The molecule has 1 aliphatic rings. The third kappa shape index (κ3) is 2.80. The van der Waals surface area contributed by atoms with Gasteiger partial charge in [-0.1, -0.05) is 32.9 Å². The second kappa shape index (κ2) is 5.08. The summed E-state index contributed by atoms with van der Waals surface area (Å²) in [5.41, 5.74) is 6.95. The third-order valence-electron chi connectivity index (χ3n) is 3.61. The average Bonchev–Trinajstić information content (AvgIpc) is 2.23. The fraction of sp³-hybridized carbons (Fsp3) is 0.769. The first-order valence-corrected chi connectivity index (χ1v) is 6.04. The topological polar surface area (TPSA) is 59.6 Å². The minimum Gasteiger partial charge on any atom is -0.380 e. The van der Waals surface area contributed by atoms with Crippen molar-refractivity contribution in [3.63, 3.8) is 0 Å². The molecule has 3 atom stereocenters. The molecule has 0 saturated heterocycles. The van der Waals surface area contributed by atoms with E-state index < -0.39 is 0 Å². The molecule has 1 rings (SSSR count). The lowest BCUT2D eigenvalue weighted by molar-refractivity contribution is -0.139. The van der Waals surface area contributed by atoms with Gasteiger partial charge in [-0.05, 0) is 6.92 Å². The fourth-order valence-electron chi connectivity index (χ4n) is 2.85. The molecule has 17 heavy (non-hydrogen) atoms. The van der Waals surface area contributed by atoms with Crippen molar-refractivity contribution < 1.29 is 4.74 Å². The molecule has 4 nitrogen and oxygen atoms in total. The quantitative estimate of drug-likeness (QED) is 0.444. The van der Waals surface area contributed by atoms with Crippen molar-refractivity contribution >= 4 is 5.96 Å². The van der Waals surface area contributed by atoms with E-state index in [1.54, 1.807) is 7.11 Å². The Labute approximate surface area is 104 Å². The summed E-state index contributed by atoms with van der Waals surface area (Å²) in [5, 5.41) is 3.28. The number of nitrogens with one attached hydrogen (secondary N) is 1. The van der Waals surface area contributed by atoms with Crippen LogP contribution >= 0.6 is 0 Å². The second-order valence-electron chi connectivity index (χ2n) is 5.62. The predicted molar refractivity (Wildman–Crippen MR) is 72.0 cm³/mol. The number of nitrogens with two attached hydrogens (primary N) is 1. The minimum absolute atomic E-state index is 0.0809. The van der Waals surface area contributed by atoms with Gasteiger partial charge in [0.25, 0.3) is 0 Å². The summed E-state index contributed by atoms with van der Waals surface area (Å²) < 4.78 is 5.49. The number of hydrogen-bond donors (Lipinski definition) is 2. The van der Waals surface area contributed by atoms with E-state index in [2.05, 4.69) is 37.7 Å². The van der Waals surface area contributed by atoms with E-state index >= 15 is 0 Å². The van der Waals surface area contributed by atoms with E-state index in [1.807, 2.05) is 6.92 Å². The number of rotatable bonds is 4. The van der Waals surface area contributed by atoms with Crippen LogP contribution in [0.5, 0.6) is 0 Å². The van der Waals surface area contributed by atoms with Crippen molar-refractivity contribution in [3.8, 4) is 0 Å². The van der Waals surface area contributed by atoms with Gasteiger partial charge in [0.15, 0.2) is 5.96 Å². The molecular weight excluding hydrogens is 214 g/mol. The molecule has 0 aromatic rings. The maximum absolute atomic E-state index is 5.86. The van der Waals surface area contributed by atoms with Crippen LogP contribution in [0.1, 0.15) is 27.7 Å². The molecule has 1 saturated carbocycles. The summed E-state index contributed by atoms with van der Waals surface area (Å²) in [6.07, 6.45) is 0.272. The average molecular weight is 239 g/mol. The molecule has 98 valence electrons. The van der Waals surface area contributed by atoms with Crippen molar-refractivity contribution in [2.75, 3.05) is 13.7 Å². The van der Waals surface area contributed by atoms with Crippen LogP contribution in [0.15, 0.2) is 17.1 Å². The Bertz CT molecular complexity index is 323. The summed E-state index contributed by atoms with van der Waals surface area (Å²) in [4.78, 5) is 4.24. The third-order valence-corrected chi connectivity index (χ3v) is 3.61. The monoisotopic (exact) mass is 239 g/mol. The Kier molecular flexibility index (Phi) is 4.20. The molecule has 0 aromatic carbocycles. The molecule has 3 unspecified atom stereocenters. The molecule has 0 radical (unpaired) electrons. The van der Waals surface area contributed by atoms with Gasteiger partial charge in [0.05, 0.1) is 12.6 Å². The molecular formula is C13H25N3O. The maximum Gasteiger partial charge on any atom is 0.189 e. The first kappa shape index (κ1) is 14.0. The van der Waals surface area contributed by atoms with Crippen LogP contribution < -0.4 is 11.1 Å². The smallest absolute Gasteiger partial charge is 0.189 e. The zero-order chi connectivity index (χ0) is 13.2. The normalized spacial score (nSPS) is 31.8. The van der Waals surface area contributed by atoms with Crippen LogP contribution in [-0.2, 0) is 4.74 Å². The van der Waals surface area contributed by atoms with Crippen LogP contribution in [0, 0.1) is 11.3 Å². The molecule has 0 bridgehead atoms. The number of methoxy groups -OCH3 is 1. The summed E-state index contributed by atoms with van der Waals surface area (Å²) in [7, 11) is 1.76. The first-order chi connectivity index (χ1) is 7.80. The van der Waals surface area contributed by atoms with Crippen molar-refractivity contribution in [2.24, 2.45) is 22.1 Å². The van der Waals surface area contributed by atoms with Gasteiger partial charge >= 0.3 is 0 Å². The summed E-state index contributed by atoms with van der Waals surface area (Å²) in [5.74, 6) is 0.932. The van der Waals surface area contributed by atoms with Gasteiger partial charge in [0, 0.05) is 24.5 Å². The highest BCUT2D eigenvalue weighted by atomic mass is 16.5. The Morgan fingerprint density at radius 1 is 1.53 bits per heavy atom. The van der Waals surface area contributed by atoms with Gasteiger partial charge in [-0.3, -0.25) is 0 Å². The van der Waals surface area contributed by atoms with Crippen LogP contribution in [0.4, 0.5) is 0 Å². The lowest BCUT2D eigenvalue weighted by Crippen LogP contribution is -2.68. The molecule has 0 spiro atoms. The zero-order valence-electron chi connectivity index (χ0n) is 11.6. The summed E-state index contributed by atoms with van der Waals surface area (Å²) in [6.45, 7) is 12.9. The highest BCUT2D eigenvalue weighted by molar-refractivity contribution is 5.78. The van der Waals surface area contributed by atoms with Gasteiger partial charge in [0.1, 0.15) is 0 Å². The van der Waals surface area contributed by atoms with E-state index in [9.17, 15) is 0 Å². The standard InChI is InChI=1S/C13H25N3O/c1-8(2)7-15-12(14)16-10-9(3)11(17-6)13(10,4)5/h9-11H,1,7H2,2-6H3,(H3,14,15,16). The maximum atomic E-state index is 5.86. The molecule has 0 aromatic heterocycles. The molecule has 0 heterocycles. The zero-order valence-corrected chi connectivity index (χ0v) is 11.6. The molecule has 4 heteroatoms. The van der Waals surface area contributed by atoms with E-state index in [4.69, 9.17) is 10.5 Å². The van der Waals surface area contributed by atoms with Crippen molar-refractivity contribution in [1.82, 2.24) is 5.32 Å². The fourth-order valence-corrected chi connectivity index (χ4v) is 2.85. The van der Waals surface area contributed by atoms with Crippen LogP contribution in [0.2, 0.25) is 0 Å². The SMILES string of the molecule is C=C(C)CN=C(N)NC1C(C)C(OC)C1(C)C. The van der Waals surface area contributed by atoms with E-state index in [0.717, 1.165) is 5.57 Å². The van der Waals surface area contributed by atoms with Crippen LogP contribution in [-0.4, -0.2) is 31.8 Å². The van der Waals surface area contributed by atoms with Gasteiger partial charge in [0.2, 0.25) is 0 Å². The molecule has 1 aliphatic carbocycles. The molecule has 0 amide bonds. The number of hydrogen-bond acceptors (Lipinski definition) is 2. The number of guanidine groups is 1. The number of aliphatic imine (C=N–C) groups is 1. The minimum atomic E-state index is 0.0809. The van der Waals surface area contributed by atoms with Crippen molar-refractivity contribution in [2.45, 2.75) is 39.8 Å². The Balaban J connectivity index is 2.58. The Morgan fingerprint density at radius 2 is 2.12 bits per heavy atom. The van der Waals surface area contributed by atoms with E-state index in [0.29, 0.717) is 24.5 Å². The first-order valence-electron chi connectivity index (χ1n) is 6.04. The van der Waals surface area contributed by atoms with E-state index in [-0.39, 0.29) is 11.5 Å². The van der Waals surface area contributed by atoms with Gasteiger partial charge in [-0.25, -0.2) is 4.99 Å². The largest absolute Gasteiger partial charge is 0.380 e.